The van der Waals surface area contributed by atoms with Crippen LogP contribution in [0, 0.1) is 6.92 Å². The van der Waals surface area contributed by atoms with Crippen molar-refractivity contribution in [1.82, 2.24) is 10.3 Å². The van der Waals surface area contributed by atoms with Gasteiger partial charge in [-0.15, -0.1) is 11.3 Å². The molecular formula is C26H25N3OS. The Hall–Kier alpha value is -3.44. The summed E-state index contributed by atoms with van der Waals surface area (Å²) in [6, 6.07) is 24.2. The van der Waals surface area contributed by atoms with E-state index in [1.807, 2.05) is 55.4 Å². The van der Waals surface area contributed by atoms with Crippen LogP contribution in [0.1, 0.15) is 21.5 Å². The molecule has 31 heavy (non-hydrogen) atoms. The number of nitrogens with zero attached hydrogens (tertiary/aromatic N) is 2. The predicted octanol–water partition coefficient (Wildman–Crippen LogP) is 5.78. The topological polar surface area (TPSA) is 45.2 Å². The first-order valence-corrected chi connectivity index (χ1v) is 11.0. The van der Waals surface area contributed by atoms with Crippen molar-refractivity contribution in [3.8, 4) is 21.8 Å². The van der Waals surface area contributed by atoms with Crippen molar-refractivity contribution in [2.24, 2.45) is 0 Å². The lowest BCUT2D eigenvalue weighted by molar-refractivity contribution is 0.0951. The first-order valence-electron chi connectivity index (χ1n) is 10.2. The fourth-order valence-corrected chi connectivity index (χ4v) is 4.06. The Bertz CT molecular complexity index is 1160. The maximum Gasteiger partial charge on any atom is 0.251 e. The molecule has 0 atom stereocenters. The van der Waals surface area contributed by atoms with Crippen molar-refractivity contribution in [3.63, 3.8) is 0 Å². The van der Waals surface area contributed by atoms with E-state index in [2.05, 4.69) is 54.0 Å². The van der Waals surface area contributed by atoms with E-state index in [9.17, 15) is 4.79 Å². The Morgan fingerprint density at radius 3 is 2.19 bits per heavy atom. The monoisotopic (exact) mass is 427 g/mol. The molecule has 1 heterocycles. The van der Waals surface area contributed by atoms with Crippen molar-refractivity contribution in [2.75, 3.05) is 19.0 Å². The number of amides is 1. The molecule has 4 aromatic rings. The second kappa shape index (κ2) is 9.14. The number of nitrogens with one attached hydrogen (secondary N) is 1. The van der Waals surface area contributed by atoms with E-state index in [0.29, 0.717) is 12.1 Å². The number of hydrogen-bond acceptors (Lipinski definition) is 4. The number of anilines is 1. The highest BCUT2D eigenvalue weighted by Crippen LogP contribution is 2.29. The van der Waals surface area contributed by atoms with Crippen LogP contribution < -0.4 is 10.2 Å². The molecule has 5 heteroatoms. The molecule has 1 amide bonds. The molecule has 156 valence electrons. The van der Waals surface area contributed by atoms with Crippen LogP contribution >= 0.6 is 11.3 Å². The van der Waals surface area contributed by atoms with Gasteiger partial charge in [-0.25, -0.2) is 4.98 Å². The normalized spacial score (nSPS) is 10.7. The molecule has 0 aliphatic heterocycles. The summed E-state index contributed by atoms with van der Waals surface area (Å²) in [5, 5.41) is 6.07. The summed E-state index contributed by atoms with van der Waals surface area (Å²) in [5.41, 5.74) is 7.23. The predicted molar refractivity (Wildman–Crippen MR) is 130 cm³/mol. The lowest BCUT2D eigenvalue weighted by Crippen LogP contribution is -2.22. The van der Waals surface area contributed by atoms with Gasteiger partial charge in [0, 0.05) is 48.4 Å². The van der Waals surface area contributed by atoms with Crippen molar-refractivity contribution < 1.29 is 4.79 Å². The summed E-state index contributed by atoms with van der Waals surface area (Å²) in [5.74, 6) is -0.0722. The Kier molecular flexibility index (Phi) is 6.14. The molecule has 3 aromatic carbocycles. The minimum atomic E-state index is -0.0722. The van der Waals surface area contributed by atoms with Crippen LogP contribution in [-0.4, -0.2) is 25.0 Å². The average Bonchev–Trinajstić information content (AvgIpc) is 3.28. The maximum atomic E-state index is 12.4. The molecule has 0 unspecified atom stereocenters. The highest BCUT2D eigenvalue weighted by Gasteiger charge is 2.08. The molecule has 0 aliphatic rings. The maximum absolute atomic E-state index is 12.4. The highest BCUT2D eigenvalue weighted by molar-refractivity contribution is 7.13. The van der Waals surface area contributed by atoms with Gasteiger partial charge in [0.25, 0.3) is 5.91 Å². The third kappa shape index (κ3) is 5.01. The van der Waals surface area contributed by atoms with Crippen LogP contribution in [-0.2, 0) is 6.54 Å². The lowest BCUT2D eigenvalue weighted by atomic mass is 10.1. The lowest BCUT2D eigenvalue weighted by Gasteiger charge is -2.12. The van der Waals surface area contributed by atoms with Gasteiger partial charge in [-0.1, -0.05) is 54.1 Å². The summed E-state index contributed by atoms with van der Waals surface area (Å²) in [7, 11) is 3.96. The van der Waals surface area contributed by atoms with Crippen molar-refractivity contribution in [3.05, 3.63) is 94.9 Å². The standard InChI is InChI=1S/C26H25N3OS/c1-18-4-8-20(9-5-18)24-17-31-26(28-24)22-10-6-19(7-11-22)16-27-25(30)21-12-14-23(15-13-21)29(2)3/h4-15,17H,16H2,1-3H3,(H,27,30). The second-order valence-electron chi connectivity index (χ2n) is 7.72. The van der Waals surface area contributed by atoms with Crippen molar-refractivity contribution in [2.45, 2.75) is 13.5 Å². The molecule has 0 spiro atoms. The molecule has 0 saturated carbocycles. The van der Waals surface area contributed by atoms with Crippen LogP contribution in [0.4, 0.5) is 5.69 Å². The molecule has 0 fully saturated rings. The molecule has 0 aliphatic carbocycles. The van der Waals surface area contributed by atoms with Gasteiger partial charge in [-0.2, -0.15) is 0 Å². The Labute approximate surface area is 187 Å². The van der Waals surface area contributed by atoms with E-state index in [1.54, 1.807) is 11.3 Å². The molecule has 1 N–H and O–H groups in total. The third-order valence-electron chi connectivity index (χ3n) is 5.15. The zero-order valence-electron chi connectivity index (χ0n) is 17.9. The number of hydrogen-bond donors (Lipinski definition) is 1. The van der Waals surface area contributed by atoms with E-state index in [1.165, 1.54) is 5.56 Å². The van der Waals surface area contributed by atoms with E-state index in [4.69, 9.17) is 4.98 Å². The van der Waals surface area contributed by atoms with Gasteiger partial charge < -0.3 is 10.2 Å². The quantitative estimate of drug-likeness (QED) is 0.424. The SMILES string of the molecule is Cc1ccc(-c2csc(-c3ccc(CNC(=O)c4ccc(N(C)C)cc4)cc3)n2)cc1. The minimum Gasteiger partial charge on any atom is -0.378 e. The first-order chi connectivity index (χ1) is 15.0. The molecule has 4 nitrogen and oxygen atoms in total. The Balaban J connectivity index is 1.38. The van der Waals surface area contributed by atoms with Gasteiger partial charge in [0.15, 0.2) is 0 Å². The number of carbonyl (C=O) groups excluding carboxylic acids is 1. The van der Waals surface area contributed by atoms with Crippen LogP contribution in [0.25, 0.3) is 21.8 Å². The van der Waals surface area contributed by atoms with Gasteiger partial charge in [0.1, 0.15) is 5.01 Å². The average molecular weight is 428 g/mol. The number of carbonyl (C=O) groups is 1. The largest absolute Gasteiger partial charge is 0.378 e. The zero-order valence-corrected chi connectivity index (χ0v) is 18.7. The number of aryl methyl sites for hydroxylation is 1. The van der Waals surface area contributed by atoms with Crippen LogP contribution in [0.2, 0.25) is 0 Å². The van der Waals surface area contributed by atoms with Gasteiger partial charge in [-0.3, -0.25) is 4.79 Å². The molecule has 0 radical (unpaired) electrons. The summed E-state index contributed by atoms with van der Waals surface area (Å²) >= 11 is 1.64. The van der Waals surface area contributed by atoms with E-state index < -0.39 is 0 Å². The van der Waals surface area contributed by atoms with Crippen molar-refractivity contribution in [1.29, 1.82) is 0 Å². The summed E-state index contributed by atoms with van der Waals surface area (Å²) in [6.07, 6.45) is 0. The minimum absolute atomic E-state index is 0.0722. The van der Waals surface area contributed by atoms with Gasteiger partial charge in [-0.05, 0) is 36.8 Å². The number of benzene rings is 3. The summed E-state index contributed by atoms with van der Waals surface area (Å²) < 4.78 is 0. The first kappa shape index (κ1) is 20.8. The molecule has 4 rings (SSSR count). The smallest absolute Gasteiger partial charge is 0.251 e. The summed E-state index contributed by atoms with van der Waals surface area (Å²) in [4.78, 5) is 19.2. The highest BCUT2D eigenvalue weighted by atomic mass is 32.1. The number of rotatable bonds is 6. The van der Waals surface area contributed by atoms with Gasteiger partial charge in [0.05, 0.1) is 5.69 Å². The fourth-order valence-electron chi connectivity index (χ4n) is 3.22. The molecule has 1 aromatic heterocycles. The van der Waals surface area contributed by atoms with Crippen molar-refractivity contribution >= 4 is 22.9 Å². The van der Waals surface area contributed by atoms with Gasteiger partial charge in [0.2, 0.25) is 0 Å². The molecular weight excluding hydrogens is 402 g/mol. The second-order valence-corrected chi connectivity index (χ2v) is 8.58. The van der Waals surface area contributed by atoms with Gasteiger partial charge >= 0.3 is 0 Å². The van der Waals surface area contributed by atoms with E-state index >= 15 is 0 Å². The number of aromatic nitrogens is 1. The number of thiazole rings is 1. The Morgan fingerprint density at radius 2 is 1.55 bits per heavy atom. The zero-order chi connectivity index (χ0) is 21.8. The molecule has 0 bridgehead atoms. The van der Waals surface area contributed by atoms with E-state index in [-0.39, 0.29) is 5.91 Å². The van der Waals surface area contributed by atoms with E-state index in [0.717, 1.165) is 33.1 Å². The summed E-state index contributed by atoms with van der Waals surface area (Å²) in [6.45, 7) is 2.57. The third-order valence-corrected chi connectivity index (χ3v) is 6.04. The van der Waals surface area contributed by atoms with Crippen LogP contribution in [0.3, 0.4) is 0 Å². The Morgan fingerprint density at radius 1 is 0.903 bits per heavy atom. The fraction of sp³-hybridized carbons (Fsp3) is 0.154. The van der Waals surface area contributed by atoms with Crippen LogP contribution in [0.5, 0.6) is 0 Å². The molecule has 0 saturated heterocycles. The van der Waals surface area contributed by atoms with Crippen LogP contribution in [0.15, 0.2) is 78.2 Å².